The van der Waals surface area contributed by atoms with Gasteiger partial charge >= 0.3 is 6.18 Å². The number of alkyl halides is 3. The number of aromatic nitrogens is 1. The molecule has 2 heterocycles. The largest absolute Gasteiger partial charge is 0.417 e. The Morgan fingerprint density at radius 3 is 2.74 bits per heavy atom. The van der Waals surface area contributed by atoms with E-state index in [4.69, 9.17) is 5.26 Å². The first kappa shape index (κ1) is 17.0. The van der Waals surface area contributed by atoms with Crippen LogP contribution in [0.15, 0.2) is 18.3 Å². The van der Waals surface area contributed by atoms with Gasteiger partial charge in [-0.05, 0) is 18.6 Å². The van der Waals surface area contributed by atoms with Crippen LogP contribution in [0.3, 0.4) is 0 Å². The molecule has 0 aliphatic carbocycles. The van der Waals surface area contributed by atoms with Crippen LogP contribution in [0.2, 0.25) is 0 Å². The summed E-state index contributed by atoms with van der Waals surface area (Å²) >= 11 is 0. The third-order valence-electron chi connectivity index (χ3n) is 3.46. The summed E-state index contributed by atoms with van der Waals surface area (Å²) in [5.41, 5.74) is -0.798. The molecule has 124 valence electrons. The number of anilines is 1. The van der Waals surface area contributed by atoms with E-state index >= 15 is 0 Å². The highest BCUT2D eigenvalue weighted by Crippen LogP contribution is 2.28. The highest BCUT2D eigenvalue weighted by molar-refractivity contribution is 5.79. The van der Waals surface area contributed by atoms with E-state index in [1.165, 1.54) is 11.0 Å². The zero-order valence-corrected chi connectivity index (χ0v) is 12.2. The van der Waals surface area contributed by atoms with Gasteiger partial charge in [-0.1, -0.05) is 0 Å². The molecule has 23 heavy (non-hydrogen) atoms. The third-order valence-corrected chi connectivity index (χ3v) is 3.46. The lowest BCUT2D eigenvalue weighted by molar-refractivity contribution is -0.138. The van der Waals surface area contributed by atoms with Crippen LogP contribution >= 0.6 is 0 Å². The molecule has 0 radical (unpaired) electrons. The summed E-state index contributed by atoms with van der Waals surface area (Å²) < 4.78 is 37.1. The van der Waals surface area contributed by atoms with Crippen LogP contribution in [-0.4, -0.2) is 48.0 Å². The number of hydrogen-bond donors (Lipinski definition) is 2. The minimum atomic E-state index is -4.40. The molecule has 1 atom stereocenters. The van der Waals surface area contributed by atoms with Crippen molar-refractivity contribution in [1.29, 1.82) is 5.26 Å². The zero-order valence-electron chi connectivity index (χ0n) is 12.2. The number of carbonyl (C=O) groups excluding carboxylic acids is 1. The number of halogens is 3. The van der Waals surface area contributed by atoms with Crippen molar-refractivity contribution in [2.45, 2.75) is 18.6 Å². The van der Waals surface area contributed by atoms with Crippen molar-refractivity contribution in [2.24, 2.45) is 0 Å². The summed E-state index contributed by atoms with van der Waals surface area (Å²) in [7, 11) is 0. The lowest BCUT2D eigenvalue weighted by Gasteiger charge is -2.36. The maximum Gasteiger partial charge on any atom is 0.417 e. The van der Waals surface area contributed by atoms with Gasteiger partial charge in [0.05, 0.1) is 18.2 Å². The van der Waals surface area contributed by atoms with E-state index in [0.29, 0.717) is 31.9 Å². The molecule has 2 N–H and O–H groups in total. The molecular weight excluding hydrogens is 311 g/mol. The van der Waals surface area contributed by atoms with Crippen LogP contribution in [0.25, 0.3) is 0 Å². The number of carbonyl (C=O) groups is 1. The minimum Gasteiger partial charge on any atom is -0.369 e. The van der Waals surface area contributed by atoms with E-state index in [1.807, 2.05) is 6.07 Å². The molecule has 1 aromatic heterocycles. The van der Waals surface area contributed by atoms with Crippen LogP contribution in [-0.2, 0) is 11.0 Å². The number of rotatable bonds is 6. The molecule has 1 amide bonds. The summed E-state index contributed by atoms with van der Waals surface area (Å²) in [5.74, 6) is 0.203. The van der Waals surface area contributed by atoms with Crippen molar-refractivity contribution in [2.75, 3.05) is 31.5 Å². The van der Waals surface area contributed by atoms with E-state index in [2.05, 4.69) is 15.6 Å². The third kappa shape index (κ3) is 4.56. The Morgan fingerprint density at radius 1 is 1.43 bits per heavy atom. The van der Waals surface area contributed by atoms with Gasteiger partial charge in [-0.25, -0.2) is 4.98 Å². The molecule has 1 aromatic rings. The van der Waals surface area contributed by atoms with Gasteiger partial charge < -0.3 is 15.5 Å². The first-order chi connectivity index (χ1) is 10.9. The Balaban J connectivity index is 1.64. The van der Waals surface area contributed by atoms with Crippen molar-refractivity contribution >= 4 is 11.7 Å². The second kappa shape index (κ2) is 7.28. The van der Waals surface area contributed by atoms with Gasteiger partial charge in [0.2, 0.25) is 5.91 Å². The van der Waals surface area contributed by atoms with Crippen molar-refractivity contribution in [3.05, 3.63) is 23.9 Å². The van der Waals surface area contributed by atoms with E-state index in [-0.39, 0.29) is 18.5 Å². The molecule has 1 saturated heterocycles. The Labute approximate surface area is 131 Å². The Bertz CT molecular complexity index is 582. The number of pyridine rings is 1. The zero-order chi connectivity index (χ0) is 16.9. The fourth-order valence-corrected chi connectivity index (χ4v) is 2.06. The van der Waals surface area contributed by atoms with E-state index in [9.17, 15) is 18.0 Å². The normalized spacial score (nSPS) is 17.3. The van der Waals surface area contributed by atoms with E-state index in [1.54, 1.807) is 0 Å². The molecule has 0 saturated carbocycles. The molecule has 9 heteroatoms. The average molecular weight is 327 g/mol. The summed E-state index contributed by atoms with van der Waals surface area (Å²) in [4.78, 5) is 16.9. The van der Waals surface area contributed by atoms with Crippen LogP contribution in [0.5, 0.6) is 0 Å². The minimum absolute atomic E-state index is 0.125. The molecule has 2 rings (SSSR count). The fraction of sp³-hybridized carbons (Fsp3) is 0.500. The van der Waals surface area contributed by atoms with Crippen molar-refractivity contribution < 1.29 is 18.0 Å². The lowest BCUT2D eigenvalue weighted by Crippen LogP contribution is -2.53. The highest BCUT2D eigenvalue weighted by Gasteiger charge is 2.31. The number of amides is 1. The SMILES string of the molecule is N#C[C@@H]1CCN1C(=O)CNCCNc1ccc(C(F)(F)F)cn1. The first-order valence-corrected chi connectivity index (χ1v) is 7.09. The summed E-state index contributed by atoms with van der Waals surface area (Å²) in [6.45, 7) is 1.58. The maximum absolute atomic E-state index is 12.4. The smallest absolute Gasteiger partial charge is 0.369 e. The monoisotopic (exact) mass is 327 g/mol. The average Bonchev–Trinajstić information content (AvgIpc) is 2.46. The molecule has 1 aliphatic rings. The van der Waals surface area contributed by atoms with Crippen LogP contribution in [0.1, 0.15) is 12.0 Å². The molecule has 1 fully saturated rings. The van der Waals surface area contributed by atoms with Crippen molar-refractivity contribution in [3.63, 3.8) is 0 Å². The highest BCUT2D eigenvalue weighted by atomic mass is 19.4. The Morgan fingerprint density at radius 2 is 2.22 bits per heavy atom. The number of likely N-dealkylation sites (tertiary alicyclic amines) is 1. The van der Waals surface area contributed by atoms with Gasteiger partial charge in [0, 0.05) is 25.8 Å². The van der Waals surface area contributed by atoms with Crippen LogP contribution in [0.4, 0.5) is 19.0 Å². The summed E-state index contributed by atoms with van der Waals surface area (Å²) in [5, 5.41) is 14.5. The molecule has 6 nitrogen and oxygen atoms in total. The lowest BCUT2D eigenvalue weighted by atomic mass is 10.1. The van der Waals surface area contributed by atoms with Gasteiger partial charge in [0.15, 0.2) is 0 Å². The fourth-order valence-electron chi connectivity index (χ4n) is 2.06. The number of hydrogen-bond acceptors (Lipinski definition) is 5. The van der Waals surface area contributed by atoms with E-state index < -0.39 is 11.7 Å². The molecular formula is C14H16F3N5O. The molecule has 0 unspecified atom stereocenters. The van der Waals surface area contributed by atoms with Crippen molar-refractivity contribution in [1.82, 2.24) is 15.2 Å². The van der Waals surface area contributed by atoms with Gasteiger partial charge in [-0.2, -0.15) is 18.4 Å². The van der Waals surface area contributed by atoms with Crippen molar-refractivity contribution in [3.8, 4) is 6.07 Å². The molecule has 1 aliphatic heterocycles. The standard InChI is InChI=1S/C14H16F3N5O/c15-14(16,17)10-1-2-12(21-8-10)20-5-4-19-9-13(23)22-6-3-11(22)7-18/h1-2,8,11,19H,3-6,9H2,(H,20,21)/t11-/m0/s1. The van der Waals surface area contributed by atoms with Gasteiger partial charge in [0.1, 0.15) is 11.9 Å². The predicted octanol–water partition coefficient (Wildman–Crippen LogP) is 1.23. The van der Waals surface area contributed by atoms with Crippen LogP contribution < -0.4 is 10.6 Å². The Kier molecular flexibility index (Phi) is 5.39. The van der Waals surface area contributed by atoms with Crippen LogP contribution in [0, 0.1) is 11.3 Å². The van der Waals surface area contributed by atoms with Gasteiger partial charge in [0.25, 0.3) is 0 Å². The topological polar surface area (TPSA) is 81.0 Å². The van der Waals surface area contributed by atoms with E-state index in [0.717, 1.165) is 12.3 Å². The van der Waals surface area contributed by atoms with Gasteiger partial charge in [-0.15, -0.1) is 0 Å². The Hall–Kier alpha value is -2.34. The molecule has 0 aromatic carbocycles. The number of nitrogens with one attached hydrogen (secondary N) is 2. The first-order valence-electron chi connectivity index (χ1n) is 7.09. The predicted molar refractivity (Wildman–Crippen MR) is 76.3 cm³/mol. The number of nitrogens with zero attached hydrogens (tertiary/aromatic N) is 3. The second-order valence-corrected chi connectivity index (χ2v) is 5.05. The second-order valence-electron chi connectivity index (χ2n) is 5.05. The summed E-state index contributed by atoms with van der Waals surface area (Å²) in [6, 6.07) is 3.94. The maximum atomic E-state index is 12.4. The molecule has 0 spiro atoms. The number of nitriles is 1. The molecule has 0 bridgehead atoms. The van der Waals surface area contributed by atoms with Gasteiger partial charge in [-0.3, -0.25) is 4.79 Å². The summed E-state index contributed by atoms with van der Waals surface area (Å²) in [6.07, 6.45) is -2.92. The quantitative estimate of drug-likeness (QED) is 0.768.